The molecule has 0 radical (unpaired) electrons. The van der Waals surface area contributed by atoms with Gasteiger partial charge in [-0.1, -0.05) is 29.0 Å². The smallest absolute Gasteiger partial charge is 0.260 e. The number of aromatic nitrogens is 1. The maximum Gasteiger partial charge on any atom is 0.260 e. The largest absolute Gasteiger partial charge is 0.379 e. The number of ether oxygens (including phenoxy) is 1. The van der Waals surface area contributed by atoms with Crippen molar-refractivity contribution in [2.75, 3.05) is 44.3 Å². The highest BCUT2D eigenvalue weighted by Crippen LogP contribution is 2.33. The van der Waals surface area contributed by atoms with Gasteiger partial charge in [0, 0.05) is 31.7 Å². The fourth-order valence-corrected chi connectivity index (χ4v) is 4.62. The van der Waals surface area contributed by atoms with Crippen LogP contribution in [0.1, 0.15) is 16.8 Å². The Labute approximate surface area is 189 Å². The van der Waals surface area contributed by atoms with E-state index in [-0.39, 0.29) is 24.1 Å². The lowest BCUT2D eigenvalue weighted by atomic mass is 10.2. The van der Waals surface area contributed by atoms with Gasteiger partial charge in [0.15, 0.2) is 5.13 Å². The third kappa shape index (κ3) is 5.28. The molecule has 1 aliphatic heterocycles. The average Bonchev–Trinajstić information content (AvgIpc) is 3.17. The number of carbonyl (C=O) groups excluding carboxylic acids is 1. The Morgan fingerprint density at radius 1 is 1.20 bits per heavy atom. The number of benzene rings is 2. The molecule has 1 fully saturated rings. The Bertz CT molecular complexity index is 994. The fraction of sp³-hybridized carbons (Fsp3) is 0.333. The number of morpholine rings is 1. The van der Waals surface area contributed by atoms with Crippen LogP contribution in [0.4, 0.5) is 9.52 Å². The number of halogens is 3. The van der Waals surface area contributed by atoms with Crippen LogP contribution in [0.25, 0.3) is 10.2 Å². The molecule has 2 aromatic carbocycles. The van der Waals surface area contributed by atoms with Crippen molar-refractivity contribution in [3.05, 3.63) is 58.9 Å². The lowest BCUT2D eigenvalue weighted by Crippen LogP contribution is -2.39. The first-order valence-corrected chi connectivity index (χ1v) is 10.7. The number of hydrogen-bond acceptors (Lipinski definition) is 5. The number of anilines is 1. The van der Waals surface area contributed by atoms with Crippen LogP contribution in [0, 0.1) is 5.82 Å². The number of amides is 1. The normalized spacial score (nSPS) is 14.5. The molecule has 5 nitrogen and oxygen atoms in total. The molecule has 0 unspecified atom stereocenters. The minimum absolute atomic E-state index is 0. The number of carbonyl (C=O) groups is 1. The predicted octanol–water partition coefficient (Wildman–Crippen LogP) is 4.88. The first kappa shape index (κ1) is 22.9. The number of nitrogens with zero attached hydrogens (tertiary/aromatic N) is 3. The molecule has 3 aromatic rings. The minimum Gasteiger partial charge on any atom is -0.379 e. The zero-order chi connectivity index (χ0) is 20.2. The summed E-state index contributed by atoms with van der Waals surface area (Å²) in [7, 11) is 0. The summed E-state index contributed by atoms with van der Waals surface area (Å²) in [5.74, 6) is -0.561. The van der Waals surface area contributed by atoms with Gasteiger partial charge in [-0.05, 0) is 42.8 Å². The van der Waals surface area contributed by atoms with Gasteiger partial charge in [0.25, 0.3) is 5.91 Å². The quantitative estimate of drug-likeness (QED) is 0.515. The van der Waals surface area contributed by atoms with Crippen molar-refractivity contribution in [1.29, 1.82) is 0 Å². The van der Waals surface area contributed by atoms with E-state index in [9.17, 15) is 9.18 Å². The Morgan fingerprint density at radius 2 is 1.93 bits per heavy atom. The van der Waals surface area contributed by atoms with Crippen molar-refractivity contribution < 1.29 is 13.9 Å². The zero-order valence-electron chi connectivity index (χ0n) is 16.2. The molecule has 30 heavy (non-hydrogen) atoms. The van der Waals surface area contributed by atoms with Gasteiger partial charge in [-0.3, -0.25) is 14.6 Å². The SMILES string of the molecule is Cl.O=C(c1ccc(F)cc1)N(CCCN1CCOCC1)c1nc2c(Cl)cccc2s1. The van der Waals surface area contributed by atoms with Crippen LogP contribution in [0.2, 0.25) is 5.02 Å². The van der Waals surface area contributed by atoms with Crippen LogP contribution in [0.3, 0.4) is 0 Å². The molecule has 1 aromatic heterocycles. The molecular formula is C21H22Cl2FN3O2S. The van der Waals surface area contributed by atoms with Gasteiger partial charge in [0.1, 0.15) is 11.3 Å². The molecule has 160 valence electrons. The van der Waals surface area contributed by atoms with Gasteiger partial charge in [-0.15, -0.1) is 12.4 Å². The number of hydrogen-bond donors (Lipinski definition) is 0. The van der Waals surface area contributed by atoms with Gasteiger partial charge >= 0.3 is 0 Å². The number of fused-ring (bicyclic) bond motifs is 1. The third-order valence-electron chi connectivity index (χ3n) is 4.89. The summed E-state index contributed by atoms with van der Waals surface area (Å²) in [6.45, 7) is 4.70. The summed E-state index contributed by atoms with van der Waals surface area (Å²) in [5.41, 5.74) is 1.13. The molecule has 0 N–H and O–H groups in total. The van der Waals surface area contributed by atoms with Gasteiger partial charge in [0.05, 0.1) is 22.9 Å². The summed E-state index contributed by atoms with van der Waals surface area (Å²) in [5, 5.41) is 1.16. The van der Waals surface area contributed by atoms with E-state index >= 15 is 0 Å². The van der Waals surface area contributed by atoms with Gasteiger partial charge in [-0.25, -0.2) is 9.37 Å². The van der Waals surface area contributed by atoms with Crippen molar-refractivity contribution in [3.63, 3.8) is 0 Å². The summed E-state index contributed by atoms with van der Waals surface area (Å²) in [6, 6.07) is 11.2. The molecule has 0 spiro atoms. The maximum atomic E-state index is 13.3. The van der Waals surface area contributed by atoms with Crippen molar-refractivity contribution in [1.82, 2.24) is 9.88 Å². The molecule has 1 saturated heterocycles. The highest BCUT2D eigenvalue weighted by Gasteiger charge is 2.22. The first-order chi connectivity index (χ1) is 14.1. The Morgan fingerprint density at radius 3 is 2.63 bits per heavy atom. The molecule has 0 bridgehead atoms. The molecular weight excluding hydrogens is 448 g/mol. The van der Waals surface area contributed by atoms with Crippen molar-refractivity contribution in [2.45, 2.75) is 6.42 Å². The summed E-state index contributed by atoms with van der Waals surface area (Å²) >= 11 is 7.71. The van der Waals surface area contributed by atoms with Crippen LogP contribution < -0.4 is 4.90 Å². The van der Waals surface area contributed by atoms with Crippen LogP contribution in [0.15, 0.2) is 42.5 Å². The van der Waals surface area contributed by atoms with Gasteiger partial charge in [0.2, 0.25) is 0 Å². The van der Waals surface area contributed by atoms with E-state index < -0.39 is 0 Å². The van der Waals surface area contributed by atoms with Crippen molar-refractivity contribution >= 4 is 56.6 Å². The minimum atomic E-state index is -0.368. The van der Waals surface area contributed by atoms with Crippen LogP contribution >= 0.6 is 35.3 Å². The highest BCUT2D eigenvalue weighted by molar-refractivity contribution is 7.22. The number of thiazole rings is 1. The Balaban J connectivity index is 0.00000256. The van der Waals surface area contributed by atoms with Crippen molar-refractivity contribution in [3.8, 4) is 0 Å². The summed E-state index contributed by atoms with van der Waals surface area (Å²) in [4.78, 5) is 21.8. The monoisotopic (exact) mass is 469 g/mol. The second-order valence-electron chi connectivity index (χ2n) is 6.85. The topological polar surface area (TPSA) is 45.7 Å². The molecule has 1 aliphatic rings. The summed E-state index contributed by atoms with van der Waals surface area (Å²) < 4.78 is 19.6. The van der Waals surface area contributed by atoms with Crippen LogP contribution in [0.5, 0.6) is 0 Å². The average molecular weight is 470 g/mol. The lowest BCUT2D eigenvalue weighted by molar-refractivity contribution is 0.0376. The van der Waals surface area contributed by atoms with E-state index in [2.05, 4.69) is 9.88 Å². The number of rotatable bonds is 6. The lowest BCUT2D eigenvalue weighted by Gasteiger charge is -2.27. The van der Waals surface area contributed by atoms with E-state index in [1.54, 1.807) is 11.0 Å². The zero-order valence-corrected chi connectivity index (χ0v) is 18.6. The van der Waals surface area contributed by atoms with E-state index in [0.29, 0.717) is 27.8 Å². The predicted molar refractivity (Wildman–Crippen MR) is 122 cm³/mol. The molecule has 0 aliphatic carbocycles. The molecule has 2 heterocycles. The Hall–Kier alpha value is -1.77. The van der Waals surface area contributed by atoms with Crippen LogP contribution in [-0.4, -0.2) is 55.2 Å². The molecule has 0 saturated carbocycles. The second kappa shape index (κ2) is 10.5. The first-order valence-electron chi connectivity index (χ1n) is 9.54. The fourth-order valence-electron chi connectivity index (χ4n) is 3.33. The van der Waals surface area contributed by atoms with E-state index in [0.717, 1.165) is 44.0 Å². The maximum absolute atomic E-state index is 13.3. The Kier molecular flexibility index (Phi) is 8.02. The second-order valence-corrected chi connectivity index (χ2v) is 8.27. The standard InChI is InChI=1S/C21H21ClFN3O2S.ClH/c22-17-3-1-4-18-19(17)24-21(29-18)26(10-2-9-25-11-13-28-14-12-25)20(27)15-5-7-16(23)8-6-15;/h1,3-8H,2,9-14H2;1H. The molecule has 4 rings (SSSR count). The van der Waals surface area contributed by atoms with Crippen LogP contribution in [-0.2, 0) is 4.74 Å². The van der Waals surface area contributed by atoms with E-state index in [4.69, 9.17) is 16.3 Å². The molecule has 9 heteroatoms. The van der Waals surface area contributed by atoms with Gasteiger partial charge in [-0.2, -0.15) is 0 Å². The van der Waals surface area contributed by atoms with Crippen molar-refractivity contribution in [2.24, 2.45) is 0 Å². The van der Waals surface area contributed by atoms with Gasteiger partial charge < -0.3 is 4.74 Å². The third-order valence-corrected chi connectivity index (χ3v) is 6.23. The summed E-state index contributed by atoms with van der Waals surface area (Å²) in [6.07, 6.45) is 0.802. The molecule has 1 amide bonds. The molecule has 0 atom stereocenters. The highest BCUT2D eigenvalue weighted by atomic mass is 35.5. The van der Waals surface area contributed by atoms with E-state index in [1.165, 1.54) is 35.6 Å². The number of para-hydroxylation sites is 1. The van der Waals surface area contributed by atoms with E-state index in [1.807, 2.05) is 12.1 Å².